The van der Waals surface area contributed by atoms with Crippen molar-refractivity contribution in [1.82, 2.24) is 0 Å². The van der Waals surface area contributed by atoms with E-state index in [1.807, 2.05) is 0 Å². The number of rotatable bonds is 2. The molecule has 0 aliphatic carbocycles. The van der Waals surface area contributed by atoms with Gasteiger partial charge in [0.25, 0.3) is 5.69 Å². The van der Waals surface area contributed by atoms with Crippen LogP contribution in [0.1, 0.15) is 5.56 Å². The number of aryl methyl sites for hydroxylation is 1. The topological polar surface area (TPSA) is 72.6 Å². The third-order valence-electron chi connectivity index (χ3n) is 1.60. The number of non-ortho nitro benzene ring substituents is 1. The lowest BCUT2D eigenvalue weighted by molar-refractivity contribution is -0.384. The lowest BCUT2D eigenvalue weighted by atomic mass is 10.2. The molecule has 0 aliphatic heterocycles. The van der Waals surface area contributed by atoms with Crippen molar-refractivity contribution in [2.24, 2.45) is 4.99 Å². The Morgan fingerprint density at radius 2 is 2.21 bits per heavy atom. The van der Waals surface area contributed by atoms with Crippen molar-refractivity contribution in [3.63, 3.8) is 0 Å². The van der Waals surface area contributed by atoms with Gasteiger partial charge >= 0.3 is 0 Å². The zero-order valence-corrected chi connectivity index (χ0v) is 7.15. The molecule has 0 saturated carbocycles. The van der Waals surface area contributed by atoms with Crippen molar-refractivity contribution < 1.29 is 14.1 Å². The Kier molecular flexibility index (Phi) is 2.69. The monoisotopic (exact) mass is 196 g/mol. The minimum Gasteiger partial charge on any atom is -0.258 e. The molecule has 0 heterocycles. The summed E-state index contributed by atoms with van der Waals surface area (Å²) in [6.07, 6.45) is 1.13. The van der Waals surface area contributed by atoms with Gasteiger partial charge in [0, 0.05) is 12.1 Å². The molecular weight excluding hydrogens is 191 g/mol. The Bertz CT molecular complexity index is 438. The molecule has 0 aromatic heterocycles. The lowest BCUT2D eigenvalue weighted by Crippen LogP contribution is -1.91. The molecule has 6 heteroatoms. The number of hydrogen-bond acceptors (Lipinski definition) is 4. The van der Waals surface area contributed by atoms with Crippen LogP contribution in [0.5, 0.6) is 0 Å². The van der Waals surface area contributed by atoms with Gasteiger partial charge in [0.05, 0.1) is 4.92 Å². The van der Waals surface area contributed by atoms with Crippen LogP contribution in [0.15, 0.2) is 17.1 Å². The zero-order chi connectivity index (χ0) is 10.7. The first-order valence-corrected chi connectivity index (χ1v) is 3.58. The average molecular weight is 196 g/mol. The Labute approximate surface area is 78.0 Å². The van der Waals surface area contributed by atoms with Crippen LogP contribution >= 0.6 is 0 Å². The highest BCUT2D eigenvalue weighted by atomic mass is 19.1. The smallest absolute Gasteiger partial charge is 0.258 e. The molecule has 0 bridgehead atoms. The largest absolute Gasteiger partial charge is 0.272 e. The molecule has 1 aromatic rings. The maximum Gasteiger partial charge on any atom is 0.272 e. The summed E-state index contributed by atoms with van der Waals surface area (Å²) in [4.78, 5) is 22.6. The maximum absolute atomic E-state index is 13.1. The van der Waals surface area contributed by atoms with Crippen LogP contribution in [0.2, 0.25) is 0 Å². The Hall–Kier alpha value is -2.07. The molecule has 0 radical (unpaired) electrons. The maximum atomic E-state index is 13.1. The van der Waals surface area contributed by atoms with E-state index in [9.17, 15) is 19.3 Å². The molecule has 1 aromatic carbocycles. The van der Waals surface area contributed by atoms with Crippen molar-refractivity contribution in [3.05, 3.63) is 33.6 Å². The van der Waals surface area contributed by atoms with Gasteiger partial charge in [-0.25, -0.2) is 9.18 Å². The highest BCUT2D eigenvalue weighted by Gasteiger charge is 2.13. The normalized spacial score (nSPS) is 9.29. The van der Waals surface area contributed by atoms with Gasteiger partial charge in [-0.2, -0.15) is 4.99 Å². The standard InChI is InChI=1S/C8H5FN2O3/c1-5-2-6(11(13)14)3-7(8(5)9)10-4-12/h2-3H,1H3. The third-order valence-corrected chi connectivity index (χ3v) is 1.60. The fourth-order valence-electron chi connectivity index (χ4n) is 0.968. The molecule has 0 unspecified atom stereocenters. The van der Waals surface area contributed by atoms with Crippen LogP contribution in [0.4, 0.5) is 15.8 Å². The molecule has 0 atom stereocenters. The van der Waals surface area contributed by atoms with E-state index < -0.39 is 10.7 Å². The Balaban J connectivity index is 3.42. The van der Waals surface area contributed by atoms with E-state index in [4.69, 9.17) is 0 Å². The van der Waals surface area contributed by atoms with Gasteiger partial charge < -0.3 is 0 Å². The zero-order valence-electron chi connectivity index (χ0n) is 7.15. The van der Waals surface area contributed by atoms with Crippen molar-refractivity contribution in [2.45, 2.75) is 6.92 Å². The summed E-state index contributed by atoms with van der Waals surface area (Å²) in [5.41, 5.74) is -0.613. The van der Waals surface area contributed by atoms with Crippen LogP contribution in [0.3, 0.4) is 0 Å². The molecule has 0 N–H and O–H groups in total. The van der Waals surface area contributed by atoms with Crippen LogP contribution < -0.4 is 0 Å². The number of halogens is 1. The Morgan fingerprint density at radius 1 is 1.57 bits per heavy atom. The summed E-state index contributed by atoms with van der Waals surface area (Å²) in [6, 6.07) is 1.95. The Morgan fingerprint density at radius 3 is 2.71 bits per heavy atom. The molecule has 0 spiro atoms. The minimum absolute atomic E-state index is 0.0631. The number of isocyanates is 1. The first-order valence-electron chi connectivity index (χ1n) is 3.58. The first kappa shape index (κ1) is 10.0. The summed E-state index contributed by atoms with van der Waals surface area (Å²) in [6.45, 7) is 1.35. The number of nitrogens with zero attached hydrogens (tertiary/aromatic N) is 2. The van der Waals surface area contributed by atoms with Crippen molar-refractivity contribution >= 4 is 17.5 Å². The number of nitro benzene ring substituents is 1. The molecular formula is C8H5FN2O3. The van der Waals surface area contributed by atoms with Gasteiger partial charge in [-0.3, -0.25) is 10.1 Å². The van der Waals surface area contributed by atoms with E-state index in [0.29, 0.717) is 0 Å². The summed E-state index contributed by atoms with van der Waals surface area (Å²) in [5, 5.41) is 10.4. The van der Waals surface area contributed by atoms with E-state index in [1.54, 1.807) is 0 Å². The van der Waals surface area contributed by atoms with E-state index in [0.717, 1.165) is 18.2 Å². The summed E-state index contributed by atoms with van der Waals surface area (Å²) in [5.74, 6) is -0.751. The molecule has 0 amide bonds. The predicted octanol–water partition coefficient (Wildman–Crippen LogP) is 2.01. The van der Waals surface area contributed by atoms with Crippen LogP contribution in [-0.4, -0.2) is 11.0 Å². The van der Waals surface area contributed by atoms with Gasteiger partial charge in [-0.1, -0.05) is 0 Å². The second kappa shape index (κ2) is 3.76. The van der Waals surface area contributed by atoms with Gasteiger partial charge in [-0.05, 0) is 12.5 Å². The third kappa shape index (κ3) is 1.81. The lowest BCUT2D eigenvalue weighted by Gasteiger charge is -1.98. The van der Waals surface area contributed by atoms with Crippen molar-refractivity contribution in [3.8, 4) is 0 Å². The van der Waals surface area contributed by atoms with Crippen molar-refractivity contribution in [2.75, 3.05) is 0 Å². The molecule has 0 saturated heterocycles. The highest BCUT2D eigenvalue weighted by Crippen LogP contribution is 2.26. The van der Waals surface area contributed by atoms with Crippen LogP contribution in [-0.2, 0) is 4.79 Å². The highest BCUT2D eigenvalue weighted by molar-refractivity contribution is 5.56. The summed E-state index contributed by atoms with van der Waals surface area (Å²) in [7, 11) is 0. The van der Waals surface area contributed by atoms with Crippen LogP contribution in [0.25, 0.3) is 0 Å². The summed E-state index contributed by atoms with van der Waals surface area (Å²) < 4.78 is 13.1. The van der Waals surface area contributed by atoms with Crippen molar-refractivity contribution in [1.29, 1.82) is 0 Å². The number of benzene rings is 1. The van der Waals surface area contributed by atoms with E-state index in [-0.39, 0.29) is 16.9 Å². The molecule has 72 valence electrons. The van der Waals surface area contributed by atoms with Gasteiger partial charge in [-0.15, -0.1) is 0 Å². The molecule has 1 rings (SSSR count). The SMILES string of the molecule is Cc1cc([N+](=O)[O-])cc(N=C=O)c1F. The number of aliphatic imine (C=N–C) groups is 1. The molecule has 0 fully saturated rings. The number of nitro groups is 1. The predicted molar refractivity (Wildman–Crippen MR) is 45.6 cm³/mol. The van der Waals surface area contributed by atoms with Crippen LogP contribution in [0, 0.1) is 22.9 Å². The first-order chi connectivity index (χ1) is 6.56. The second-order valence-electron chi connectivity index (χ2n) is 2.56. The van der Waals surface area contributed by atoms with Gasteiger partial charge in [0.15, 0.2) is 5.82 Å². The van der Waals surface area contributed by atoms with E-state index in [2.05, 4.69) is 4.99 Å². The number of carbonyl (C=O) groups excluding carboxylic acids is 1. The quantitative estimate of drug-likeness (QED) is 0.314. The average Bonchev–Trinajstić information content (AvgIpc) is 2.12. The second-order valence-corrected chi connectivity index (χ2v) is 2.56. The fourth-order valence-corrected chi connectivity index (χ4v) is 0.968. The number of hydrogen-bond donors (Lipinski definition) is 0. The van der Waals surface area contributed by atoms with E-state index >= 15 is 0 Å². The minimum atomic E-state index is -0.751. The summed E-state index contributed by atoms with van der Waals surface area (Å²) >= 11 is 0. The molecule has 5 nitrogen and oxygen atoms in total. The molecule has 14 heavy (non-hydrogen) atoms. The molecule has 0 aliphatic rings. The van der Waals surface area contributed by atoms with Gasteiger partial charge in [0.2, 0.25) is 6.08 Å². The van der Waals surface area contributed by atoms with Gasteiger partial charge in [0.1, 0.15) is 5.69 Å². The van der Waals surface area contributed by atoms with E-state index in [1.165, 1.54) is 6.92 Å². The fraction of sp³-hybridized carbons (Fsp3) is 0.125.